The van der Waals surface area contributed by atoms with Crippen LogP contribution in [0, 0.1) is 0 Å². The monoisotopic (exact) mass is 246 g/mol. The Bertz CT molecular complexity index is 531. The van der Waals surface area contributed by atoms with E-state index >= 15 is 0 Å². The highest BCUT2D eigenvalue weighted by molar-refractivity contribution is 5.88. The summed E-state index contributed by atoms with van der Waals surface area (Å²) in [7, 11) is 1.34. The maximum atomic E-state index is 11.2. The van der Waals surface area contributed by atoms with E-state index in [1.54, 1.807) is 12.1 Å². The number of aliphatic hydroxyl groups is 1. The summed E-state index contributed by atoms with van der Waals surface area (Å²) in [5.41, 5.74) is 2.13. The number of hydrogen-bond acceptors (Lipinski definition) is 4. The Hall–Kier alpha value is -2.14. The minimum Gasteiger partial charge on any atom is -0.465 e. The zero-order valence-corrected chi connectivity index (χ0v) is 10.0. The Morgan fingerprint density at radius 2 is 2.28 bits per heavy atom. The molecule has 0 bridgehead atoms. The summed E-state index contributed by atoms with van der Waals surface area (Å²) < 4.78 is 6.52. The molecule has 0 amide bonds. The summed E-state index contributed by atoms with van der Waals surface area (Å²) in [6.07, 6.45) is 5.23. The molecule has 2 rings (SSSR count). The summed E-state index contributed by atoms with van der Waals surface area (Å²) in [6, 6.07) is 5.32. The minimum atomic E-state index is -0.391. The van der Waals surface area contributed by atoms with Gasteiger partial charge < -0.3 is 14.4 Å². The molecular formula is C13H14N2O3. The number of esters is 1. The van der Waals surface area contributed by atoms with Crippen molar-refractivity contribution in [1.29, 1.82) is 0 Å². The lowest BCUT2D eigenvalue weighted by molar-refractivity contribution is 0.0600. The molecule has 5 heteroatoms. The first-order chi connectivity index (χ1) is 8.72. The standard InChI is InChI=1S/C13H14N2O3/c1-18-13(17)11-2-3-12(14-6-11)8-15-5-4-10(7-15)9-16/h2-7,16H,8-9H2,1H3. The Balaban J connectivity index is 2.08. The SMILES string of the molecule is COC(=O)c1ccc(Cn2ccc(CO)c2)nc1. The van der Waals surface area contributed by atoms with Crippen LogP contribution < -0.4 is 0 Å². The summed E-state index contributed by atoms with van der Waals surface area (Å²) >= 11 is 0. The van der Waals surface area contributed by atoms with Gasteiger partial charge in [0, 0.05) is 18.6 Å². The lowest BCUT2D eigenvalue weighted by atomic mass is 10.2. The molecule has 0 saturated heterocycles. The van der Waals surface area contributed by atoms with Gasteiger partial charge in [-0.05, 0) is 23.8 Å². The lowest BCUT2D eigenvalue weighted by Gasteiger charge is -2.03. The van der Waals surface area contributed by atoms with E-state index in [9.17, 15) is 4.79 Å². The molecular weight excluding hydrogens is 232 g/mol. The number of methoxy groups -OCH3 is 1. The van der Waals surface area contributed by atoms with Gasteiger partial charge in [-0.2, -0.15) is 0 Å². The van der Waals surface area contributed by atoms with Crippen molar-refractivity contribution in [3.8, 4) is 0 Å². The molecule has 5 nitrogen and oxygen atoms in total. The Kier molecular flexibility index (Phi) is 3.74. The van der Waals surface area contributed by atoms with Crippen LogP contribution in [0.2, 0.25) is 0 Å². The van der Waals surface area contributed by atoms with Gasteiger partial charge in [0.2, 0.25) is 0 Å². The van der Waals surface area contributed by atoms with E-state index in [0.717, 1.165) is 11.3 Å². The molecule has 0 radical (unpaired) electrons. The van der Waals surface area contributed by atoms with Crippen molar-refractivity contribution >= 4 is 5.97 Å². The average Bonchev–Trinajstić information content (AvgIpc) is 2.86. The van der Waals surface area contributed by atoms with Crippen LogP contribution >= 0.6 is 0 Å². The van der Waals surface area contributed by atoms with Crippen molar-refractivity contribution in [2.45, 2.75) is 13.2 Å². The minimum absolute atomic E-state index is 0.0295. The van der Waals surface area contributed by atoms with Crippen LogP contribution in [-0.4, -0.2) is 27.7 Å². The van der Waals surface area contributed by atoms with Crippen LogP contribution in [-0.2, 0) is 17.9 Å². The number of aromatic nitrogens is 2. The predicted octanol–water partition coefficient (Wildman–Crippen LogP) is 1.21. The van der Waals surface area contributed by atoms with Crippen molar-refractivity contribution < 1.29 is 14.6 Å². The van der Waals surface area contributed by atoms with E-state index < -0.39 is 5.97 Å². The molecule has 94 valence electrons. The second kappa shape index (κ2) is 5.46. The zero-order chi connectivity index (χ0) is 13.0. The number of aliphatic hydroxyl groups excluding tert-OH is 1. The normalized spacial score (nSPS) is 10.3. The lowest BCUT2D eigenvalue weighted by Crippen LogP contribution is -2.04. The number of nitrogens with zero attached hydrogens (tertiary/aromatic N) is 2. The molecule has 0 spiro atoms. The van der Waals surface area contributed by atoms with Crippen LogP contribution in [0.3, 0.4) is 0 Å². The fourth-order valence-electron chi connectivity index (χ4n) is 1.63. The van der Waals surface area contributed by atoms with Gasteiger partial charge in [-0.1, -0.05) is 0 Å². The van der Waals surface area contributed by atoms with Crippen molar-refractivity contribution in [3.05, 3.63) is 53.6 Å². The second-order valence-electron chi connectivity index (χ2n) is 3.88. The van der Waals surface area contributed by atoms with E-state index in [-0.39, 0.29) is 6.61 Å². The molecule has 2 aromatic rings. The first-order valence-electron chi connectivity index (χ1n) is 5.51. The summed E-state index contributed by atoms with van der Waals surface area (Å²) in [5.74, 6) is -0.391. The zero-order valence-electron chi connectivity index (χ0n) is 10.0. The molecule has 0 unspecified atom stereocenters. The van der Waals surface area contributed by atoms with Crippen molar-refractivity contribution in [2.75, 3.05) is 7.11 Å². The molecule has 0 saturated carbocycles. The highest BCUT2D eigenvalue weighted by Gasteiger charge is 2.05. The molecule has 0 aliphatic carbocycles. The Labute approximate surface area is 105 Å². The average molecular weight is 246 g/mol. The third kappa shape index (κ3) is 2.75. The number of hydrogen-bond donors (Lipinski definition) is 1. The van der Waals surface area contributed by atoms with Crippen molar-refractivity contribution in [1.82, 2.24) is 9.55 Å². The van der Waals surface area contributed by atoms with Crippen molar-refractivity contribution in [2.24, 2.45) is 0 Å². The van der Waals surface area contributed by atoms with Crippen molar-refractivity contribution in [3.63, 3.8) is 0 Å². The van der Waals surface area contributed by atoms with E-state index in [2.05, 4.69) is 9.72 Å². The molecule has 2 heterocycles. The van der Waals surface area contributed by atoms with Crippen LogP contribution in [0.5, 0.6) is 0 Å². The van der Waals surface area contributed by atoms with Crippen LogP contribution in [0.15, 0.2) is 36.8 Å². The van der Waals surface area contributed by atoms with Crippen LogP contribution in [0.1, 0.15) is 21.6 Å². The fraction of sp³-hybridized carbons (Fsp3) is 0.231. The van der Waals surface area contributed by atoms with Gasteiger partial charge in [-0.3, -0.25) is 4.98 Å². The Morgan fingerprint density at radius 1 is 1.44 bits per heavy atom. The quantitative estimate of drug-likeness (QED) is 0.823. The van der Waals surface area contributed by atoms with Gasteiger partial charge in [-0.25, -0.2) is 4.79 Å². The smallest absolute Gasteiger partial charge is 0.339 e. The van der Waals surface area contributed by atoms with Gasteiger partial charge in [0.15, 0.2) is 0 Å². The molecule has 0 aliphatic rings. The molecule has 0 aromatic carbocycles. The van der Waals surface area contributed by atoms with Gasteiger partial charge in [0.05, 0.1) is 31.5 Å². The highest BCUT2D eigenvalue weighted by atomic mass is 16.5. The third-order valence-electron chi connectivity index (χ3n) is 2.58. The van der Waals surface area contributed by atoms with Gasteiger partial charge in [0.1, 0.15) is 0 Å². The molecule has 18 heavy (non-hydrogen) atoms. The predicted molar refractivity (Wildman–Crippen MR) is 65.0 cm³/mol. The van der Waals surface area contributed by atoms with E-state index in [0.29, 0.717) is 12.1 Å². The van der Waals surface area contributed by atoms with E-state index in [1.165, 1.54) is 13.3 Å². The molecule has 1 N–H and O–H groups in total. The number of ether oxygens (including phenoxy) is 1. The van der Waals surface area contributed by atoms with Crippen LogP contribution in [0.4, 0.5) is 0 Å². The van der Waals surface area contributed by atoms with E-state index in [1.807, 2.05) is 23.0 Å². The second-order valence-corrected chi connectivity index (χ2v) is 3.88. The fourth-order valence-corrected chi connectivity index (χ4v) is 1.63. The van der Waals surface area contributed by atoms with Gasteiger partial charge in [0.25, 0.3) is 0 Å². The number of carbonyl (C=O) groups excluding carboxylic acids is 1. The molecule has 0 aliphatic heterocycles. The summed E-state index contributed by atoms with van der Waals surface area (Å²) in [6.45, 7) is 0.628. The number of rotatable bonds is 4. The molecule has 0 atom stereocenters. The number of pyridine rings is 1. The largest absolute Gasteiger partial charge is 0.465 e. The number of carbonyl (C=O) groups is 1. The third-order valence-corrected chi connectivity index (χ3v) is 2.58. The molecule has 0 fully saturated rings. The topological polar surface area (TPSA) is 64.3 Å². The van der Waals surface area contributed by atoms with Crippen LogP contribution in [0.25, 0.3) is 0 Å². The van der Waals surface area contributed by atoms with Gasteiger partial charge >= 0.3 is 5.97 Å². The van der Waals surface area contributed by atoms with E-state index in [4.69, 9.17) is 5.11 Å². The first-order valence-corrected chi connectivity index (χ1v) is 5.51. The maximum absolute atomic E-state index is 11.2. The summed E-state index contributed by atoms with van der Waals surface area (Å²) in [5, 5.41) is 8.96. The first kappa shape index (κ1) is 12.3. The summed E-state index contributed by atoms with van der Waals surface area (Å²) in [4.78, 5) is 15.4. The maximum Gasteiger partial charge on any atom is 0.339 e. The van der Waals surface area contributed by atoms with Gasteiger partial charge in [-0.15, -0.1) is 0 Å². The molecule has 2 aromatic heterocycles. The Morgan fingerprint density at radius 3 is 2.83 bits per heavy atom. The highest BCUT2D eigenvalue weighted by Crippen LogP contribution is 2.06.